The van der Waals surface area contributed by atoms with Crippen molar-refractivity contribution in [3.8, 4) is 0 Å². The highest BCUT2D eigenvalue weighted by atomic mass is 16.2. The summed E-state index contributed by atoms with van der Waals surface area (Å²) in [6, 6.07) is 10.00. The van der Waals surface area contributed by atoms with Gasteiger partial charge in [-0.1, -0.05) is 6.07 Å². The van der Waals surface area contributed by atoms with Crippen LogP contribution in [0.15, 0.2) is 36.5 Å². The van der Waals surface area contributed by atoms with Gasteiger partial charge in [-0.3, -0.25) is 9.78 Å². The van der Waals surface area contributed by atoms with Crippen LogP contribution in [0, 0.1) is 0 Å². The van der Waals surface area contributed by atoms with E-state index in [0.717, 1.165) is 36.0 Å². The van der Waals surface area contributed by atoms with Crippen molar-refractivity contribution in [2.24, 2.45) is 0 Å². The van der Waals surface area contributed by atoms with Crippen LogP contribution in [0.2, 0.25) is 0 Å². The lowest BCUT2D eigenvalue weighted by Gasteiger charge is -2.21. The molecule has 3 rings (SSSR count). The Hall–Kier alpha value is -1.94. The summed E-state index contributed by atoms with van der Waals surface area (Å²) in [4.78, 5) is 18.5. The van der Waals surface area contributed by atoms with E-state index in [2.05, 4.69) is 10.3 Å². The maximum atomic E-state index is 12.5. The topological polar surface area (TPSA) is 45.2 Å². The minimum atomic E-state index is 0.0736. The number of fused-ring (bicyclic) bond motifs is 1. The second-order valence-electron chi connectivity index (χ2n) is 5.39. The molecule has 20 heavy (non-hydrogen) atoms. The van der Waals surface area contributed by atoms with Crippen LogP contribution in [0.5, 0.6) is 0 Å². The van der Waals surface area contributed by atoms with Crippen LogP contribution in [-0.2, 0) is 0 Å². The SMILES string of the molecule is CN(CC1CCCN1)C(=O)c1ccc2ncccc2c1. The number of nitrogens with zero attached hydrogens (tertiary/aromatic N) is 2. The van der Waals surface area contributed by atoms with Gasteiger partial charge in [-0.05, 0) is 43.7 Å². The molecule has 1 N–H and O–H groups in total. The molecule has 4 nitrogen and oxygen atoms in total. The molecule has 1 saturated heterocycles. The smallest absolute Gasteiger partial charge is 0.253 e. The number of nitrogens with one attached hydrogen (secondary N) is 1. The lowest BCUT2D eigenvalue weighted by Crippen LogP contribution is -2.38. The first-order chi connectivity index (χ1) is 9.74. The van der Waals surface area contributed by atoms with Crippen molar-refractivity contribution in [2.75, 3.05) is 20.1 Å². The third kappa shape index (κ3) is 2.65. The fourth-order valence-corrected chi connectivity index (χ4v) is 2.76. The number of rotatable bonds is 3. The molecule has 4 heteroatoms. The molecule has 1 aromatic carbocycles. The van der Waals surface area contributed by atoms with E-state index in [1.807, 2.05) is 37.4 Å². The number of likely N-dealkylation sites (N-methyl/N-ethyl adjacent to an activating group) is 1. The molecule has 1 fully saturated rings. The average Bonchev–Trinajstić information content (AvgIpc) is 2.99. The van der Waals surface area contributed by atoms with Gasteiger partial charge in [0.2, 0.25) is 0 Å². The zero-order valence-corrected chi connectivity index (χ0v) is 11.7. The predicted octanol–water partition coefficient (Wildman–Crippen LogP) is 2.06. The Labute approximate surface area is 118 Å². The fraction of sp³-hybridized carbons (Fsp3) is 0.375. The van der Waals surface area contributed by atoms with Crippen LogP contribution in [0.1, 0.15) is 23.2 Å². The Kier molecular flexibility index (Phi) is 3.65. The van der Waals surface area contributed by atoms with Crippen LogP contribution >= 0.6 is 0 Å². The summed E-state index contributed by atoms with van der Waals surface area (Å²) in [5.74, 6) is 0.0736. The van der Waals surface area contributed by atoms with Crippen molar-refractivity contribution in [1.82, 2.24) is 15.2 Å². The van der Waals surface area contributed by atoms with Gasteiger partial charge >= 0.3 is 0 Å². The van der Waals surface area contributed by atoms with Crippen molar-refractivity contribution in [2.45, 2.75) is 18.9 Å². The molecular formula is C16H19N3O. The quantitative estimate of drug-likeness (QED) is 0.927. The second kappa shape index (κ2) is 5.59. The minimum absolute atomic E-state index is 0.0736. The highest BCUT2D eigenvalue weighted by molar-refractivity contribution is 5.97. The van der Waals surface area contributed by atoms with Gasteiger partial charge in [0.25, 0.3) is 5.91 Å². The Morgan fingerprint density at radius 1 is 1.45 bits per heavy atom. The van der Waals surface area contributed by atoms with Gasteiger partial charge in [0, 0.05) is 36.8 Å². The van der Waals surface area contributed by atoms with Crippen molar-refractivity contribution >= 4 is 16.8 Å². The van der Waals surface area contributed by atoms with Crippen LogP contribution in [0.3, 0.4) is 0 Å². The van der Waals surface area contributed by atoms with Crippen molar-refractivity contribution < 1.29 is 4.79 Å². The first-order valence-electron chi connectivity index (χ1n) is 7.08. The first-order valence-corrected chi connectivity index (χ1v) is 7.08. The average molecular weight is 269 g/mol. The molecule has 1 aliphatic rings. The van der Waals surface area contributed by atoms with Gasteiger partial charge in [0.05, 0.1) is 5.52 Å². The van der Waals surface area contributed by atoms with Crippen molar-refractivity contribution in [3.05, 3.63) is 42.1 Å². The molecule has 0 spiro atoms. The molecule has 2 heterocycles. The van der Waals surface area contributed by atoms with Gasteiger partial charge in [-0.25, -0.2) is 0 Å². The number of pyridine rings is 1. The number of benzene rings is 1. The number of amides is 1. The Balaban J connectivity index is 1.77. The normalized spacial score (nSPS) is 18.4. The van der Waals surface area contributed by atoms with Gasteiger partial charge in [0.15, 0.2) is 0 Å². The van der Waals surface area contributed by atoms with Gasteiger partial charge in [-0.15, -0.1) is 0 Å². The van der Waals surface area contributed by atoms with Gasteiger partial charge in [-0.2, -0.15) is 0 Å². The van der Waals surface area contributed by atoms with E-state index >= 15 is 0 Å². The van der Waals surface area contributed by atoms with E-state index in [0.29, 0.717) is 6.04 Å². The molecule has 1 unspecified atom stereocenters. The Morgan fingerprint density at radius 3 is 3.15 bits per heavy atom. The highest BCUT2D eigenvalue weighted by Gasteiger charge is 2.19. The molecule has 1 atom stereocenters. The number of hydrogen-bond acceptors (Lipinski definition) is 3. The Bertz CT molecular complexity index is 620. The third-order valence-electron chi connectivity index (χ3n) is 3.85. The van der Waals surface area contributed by atoms with Crippen LogP contribution in [-0.4, -0.2) is 42.0 Å². The summed E-state index contributed by atoms with van der Waals surface area (Å²) in [6.45, 7) is 1.83. The summed E-state index contributed by atoms with van der Waals surface area (Å²) in [7, 11) is 1.87. The molecule has 0 bridgehead atoms. The van der Waals surface area contributed by atoms with Gasteiger partial charge < -0.3 is 10.2 Å². The molecule has 0 aliphatic carbocycles. The number of hydrogen-bond donors (Lipinski definition) is 1. The van der Waals surface area contributed by atoms with Crippen molar-refractivity contribution in [1.29, 1.82) is 0 Å². The monoisotopic (exact) mass is 269 g/mol. The third-order valence-corrected chi connectivity index (χ3v) is 3.85. The van der Waals surface area contributed by atoms with Crippen LogP contribution in [0.25, 0.3) is 10.9 Å². The fourth-order valence-electron chi connectivity index (χ4n) is 2.76. The molecule has 0 radical (unpaired) electrons. The maximum absolute atomic E-state index is 12.5. The zero-order valence-electron chi connectivity index (χ0n) is 11.7. The first kappa shape index (κ1) is 13.1. The van der Waals surface area contributed by atoms with Crippen molar-refractivity contribution in [3.63, 3.8) is 0 Å². The summed E-state index contributed by atoms with van der Waals surface area (Å²) in [6.07, 6.45) is 4.12. The predicted molar refractivity (Wildman–Crippen MR) is 79.7 cm³/mol. The van der Waals surface area contributed by atoms with E-state index < -0.39 is 0 Å². The highest BCUT2D eigenvalue weighted by Crippen LogP contribution is 2.15. The molecule has 1 aliphatic heterocycles. The van der Waals surface area contributed by atoms with E-state index in [1.165, 1.54) is 6.42 Å². The lowest BCUT2D eigenvalue weighted by atomic mass is 10.1. The number of aromatic nitrogens is 1. The summed E-state index contributed by atoms with van der Waals surface area (Å²) >= 11 is 0. The molecule has 104 valence electrons. The summed E-state index contributed by atoms with van der Waals surface area (Å²) in [5.41, 5.74) is 1.65. The standard InChI is InChI=1S/C16H19N3O/c1-19(11-14-5-3-8-17-14)16(20)13-6-7-15-12(10-13)4-2-9-18-15/h2,4,6-7,9-10,14,17H,3,5,8,11H2,1H3. The van der Waals surface area contributed by atoms with E-state index in [-0.39, 0.29) is 5.91 Å². The number of carbonyl (C=O) groups excluding carboxylic acids is 1. The molecule has 0 saturated carbocycles. The van der Waals surface area contributed by atoms with E-state index in [4.69, 9.17) is 0 Å². The zero-order chi connectivity index (χ0) is 13.9. The summed E-state index contributed by atoms with van der Waals surface area (Å²) in [5, 5.41) is 4.42. The second-order valence-corrected chi connectivity index (χ2v) is 5.39. The van der Waals surface area contributed by atoms with Gasteiger partial charge in [0.1, 0.15) is 0 Å². The van der Waals surface area contributed by atoms with E-state index in [1.54, 1.807) is 11.1 Å². The summed E-state index contributed by atoms with van der Waals surface area (Å²) < 4.78 is 0. The molecule has 1 aromatic heterocycles. The molecule has 1 amide bonds. The molecule has 2 aromatic rings. The van der Waals surface area contributed by atoms with Crippen LogP contribution < -0.4 is 5.32 Å². The number of carbonyl (C=O) groups is 1. The van der Waals surface area contributed by atoms with E-state index in [9.17, 15) is 4.79 Å². The molecular weight excluding hydrogens is 250 g/mol. The largest absolute Gasteiger partial charge is 0.340 e. The minimum Gasteiger partial charge on any atom is -0.340 e. The van der Waals surface area contributed by atoms with Crippen LogP contribution in [0.4, 0.5) is 0 Å². The lowest BCUT2D eigenvalue weighted by molar-refractivity contribution is 0.0784. The maximum Gasteiger partial charge on any atom is 0.253 e. The Morgan fingerprint density at radius 2 is 2.35 bits per heavy atom.